The smallest absolute Gasteiger partial charge is 0.255 e. The Kier molecular flexibility index (Phi) is 4.75. The van der Waals surface area contributed by atoms with Crippen LogP contribution >= 0.6 is 11.3 Å². The average molecular weight is 362 g/mol. The largest absolute Gasteiger partial charge is 0.493 e. The Bertz CT molecular complexity index is 820. The third kappa shape index (κ3) is 3.50. The van der Waals surface area contributed by atoms with Crippen LogP contribution in [0.15, 0.2) is 18.2 Å². The highest BCUT2D eigenvalue weighted by molar-refractivity contribution is 7.16. The fourth-order valence-electron chi connectivity index (χ4n) is 2.67. The molecule has 2 aromatic rings. The molecule has 0 unspecified atom stereocenters. The standard InChI is InChI=1S/C16H18N4O4S/c1-18-16-20-15-14(25-16)9(6-13(22)19-15)8-3-4-10(23-2)11(5-8)24-7-12(17)21/h3-5,9H,6-7H2,1-2H3,(H2,17,21)(H,18,20)(H,19,22)/t9-/m1/s1. The van der Waals surface area contributed by atoms with Crippen molar-refractivity contribution in [2.45, 2.75) is 12.3 Å². The zero-order valence-corrected chi connectivity index (χ0v) is 14.6. The second-order valence-electron chi connectivity index (χ2n) is 5.45. The maximum absolute atomic E-state index is 12.0. The van der Waals surface area contributed by atoms with Crippen molar-refractivity contribution in [3.63, 3.8) is 0 Å². The predicted molar refractivity (Wildman–Crippen MR) is 94.4 cm³/mol. The molecule has 132 valence electrons. The van der Waals surface area contributed by atoms with Crippen molar-refractivity contribution >= 4 is 34.1 Å². The third-order valence-electron chi connectivity index (χ3n) is 3.79. The Morgan fingerprint density at radius 3 is 2.96 bits per heavy atom. The Morgan fingerprint density at radius 1 is 1.48 bits per heavy atom. The van der Waals surface area contributed by atoms with Crippen LogP contribution in [0.5, 0.6) is 11.5 Å². The minimum absolute atomic E-state index is 0.0964. The molecule has 25 heavy (non-hydrogen) atoms. The van der Waals surface area contributed by atoms with Crippen molar-refractivity contribution in [3.05, 3.63) is 28.6 Å². The summed E-state index contributed by atoms with van der Waals surface area (Å²) in [6, 6.07) is 5.40. The van der Waals surface area contributed by atoms with Gasteiger partial charge in [-0.15, -0.1) is 0 Å². The summed E-state index contributed by atoms with van der Waals surface area (Å²) in [6.45, 7) is -0.249. The summed E-state index contributed by atoms with van der Waals surface area (Å²) in [7, 11) is 3.30. The maximum Gasteiger partial charge on any atom is 0.255 e. The Labute approximate surface area is 148 Å². The molecular formula is C16H18N4O4S. The van der Waals surface area contributed by atoms with Gasteiger partial charge in [0.25, 0.3) is 5.91 Å². The molecule has 1 aliphatic rings. The van der Waals surface area contributed by atoms with Crippen LogP contribution in [0.1, 0.15) is 22.8 Å². The first-order chi connectivity index (χ1) is 12.0. The van der Waals surface area contributed by atoms with E-state index < -0.39 is 5.91 Å². The van der Waals surface area contributed by atoms with E-state index >= 15 is 0 Å². The molecular weight excluding hydrogens is 344 g/mol. The van der Waals surface area contributed by atoms with Crippen LogP contribution in [-0.4, -0.2) is 37.6 Å². The number of hydrogen-bond acceptors (Lipinski definition) is 7. The summed E-state index contributed by atoms with van der Waals surface area (Å²) in [5, 5.41) is 6.52. The molecule has 0 aliphatic carbocycles. The van der Waals surface area contributed by atoms with E-state index in [-0.39, 0.29) is 18.4 Å². The van der Waals surface area contributed by atoms with Crippen LogP contribution < -0.4 is 25.8 Å². The number of nitrogens with one attached hydrogen (secondary N) is 2. The lowest BCUT2D eigenvalue weighted by Crippen LogP contribution is -2.23. The molecule has 1 aromatic heterocycles. The second-order valence-corrected chi connectivity index (χ2v) is 6.48. The van der Waals surface area contributed by atoms with Gasteiger partial charge in [-0.2, -0.15) is 0 Å². The number of primary amides is 1. The van der Waals surface area contributed by atoms with Gasteiger partial charge in [0.2, 0.25) is 5.91 Å². The van der Waals surface area contributed by atoms with Crippen molar-refractivity contribution in [2.75, 3.05) is 31.4 Å². The normalized spacial score (nSPS) is 15.9. The van der Waals surface area contributed by atoms with E-state index in [1.807, 2.05) is 6.07 Å². The molecule has 1 aliphatic heterocycles. The summed E-state index contributed by atoms with van der Waals surface area (Å²) in [6.07, 6.45) is 0.305. The summed E-state index contributed by atoms with van der Waals surface area (Å²) in [5.74, 6) is 0.653. The highest BCUT2D eigenvalue weighted by Crippen LogP contribution is 2.43. The summed E-state index contributed by atoms with van der Waals surface area (Å²) >= 11 is 1.49. The van der Waals surface area contributed by atoms with E-state index in [0.29, 0.717) is 23.7 Å². The molecule has 1 aromatic carbocycles. The zero-order valence-electron chi connectivity index (χ0n) is 13.8. The Balaban J connectivity index is 1.98. The van der Waals surface area contributed by atoms with Gasteiger partial charge in [-0.1, -0.05) is 17.4 Å². The number of fused-ring (bicyclic) bond motifs is 1. The number of nitrogens with zero attached hydrogens (tertiary/aromatic N) is 1. The van der Waals surface area contributed by atoms with Crippen LogP contribution in [0.25, 0.3) is 0 Å². The van der Waals surface area contributed by atoms with E-state index in [1.165, 1.54) is 18.4 Å². The lowest BCUT2D eigenvalue weighted by Gasteiger charge is -2.22. The number of carbonyl (C=O) groups excluding carboxylic acids is 2. The monoisotopic (exact) mass is 362 g/mol. The number of benzene rings is 1. The lowest BCUT2D eigenvalue weighted by molar-refractivity contribution is -0.120. The molecule has 1 atom stereocenters. The molecule has 0 saturated carbocycles. The first-order valence-electron chi connectivity index (χ1n) is 7.59. The quantitative estimate of drug-likeness (QED) is 0.718. The lowest BCUT2D eigenvalue weighted by atomic mass is 9.91. The molecule has 0 spiro atoms. The van der Waals surface area contributed by atoms with Gasteiger partial charge in [0, 0.05) is 19.4 Å². The van der Waals surface area contributed by atoms with Crippen LogP contribution in [0.3, 0.4) is 0 Å². The number of anilines is 2. The minimum atomic E-state index is -0.576. The Hall–Kier alpha value is -2.81. The van der Waals surface area contributed by atoms with Crippen LogP contribution in [0.4, 0.5) is 10.9 Å². The van der Waals surface area contributed by atoms with Gasteiger partial charge in [-0.25, -0.2) is 4.98 Å². The first-order valence-corrected chi connectivity index (χ1v) is 8.40. The molecule has 0 radical (unpaired) electrons. The molecule has 0 bridgehead atoms. The highest BCUT2D eigenvalue weighted by Gasteiger charge is 2.30. The third-order valence-corrected chi connectivity index (χ3v) is 4.98. The van der Waals surface area contributed by atoms with Crippen LogP contribution in [0.2, 0.25) is 0 Å². The fraction of sp³-hybridized carbons (Fsp3) is 0.312. The number of aromatic nitrogens is 1. The SMILES string of the molecule is CNc1nc2c(s1)[C@@H](c1ccc(OC)c(OCC(N)=O)c1)CC(=O)N2. The van der Waals surface area contributed by atoms with Crippen LogP contribution in [0, 0.1) is 0 Å². The van der Waals surface area contributed by atoms with E-state index in [2.05, 4.69) is 15.6 Å². The molecule has 4 N–H and O–H groups in total. The number of carbonyl (C=O) groups is 2. The molecule has 9 heteroatoms. The number of rotatable bonds is 6. The highest BCUT2D eigenvalue weighted by atomic mass is 32.1. The van der Waals surface area contributed by atoms with Gasteiger partial charge < -0.3 is 25.8 Å². The molecule has 3 rings (SSSR count). The maximum atomic E-state index is 12.0. The van der Waals surface area contributed by atoms with Gasteiger partial charge in [0.15, 0.2) is 23.2 Å². The minimum Gasteiger partial charge on any atom is -0.493 e. The van der Waals surface area contributed by atoms with Crippen molar-refractivity contribution in [3.8, 4) is 11.5 Å². The number of thiazole rings is 1. The van der Waals surface area contributed by atoms with Gasteiger partial charge in [-0.3, -0.25) is 9.59 Å². The van der Waals surface area contributed by atoms with Gasteiger partial charge in [0.05, 0.1) is 12.0 Å². The number of methoxy groups -OCH3 is 1. The number of ether oxygens (including phenoxy) is 2. The van der Waals surface area contributed by atoms with Gasteiger partial charge in [0.1, 0.15) is 5.82 Å². The molecule has 2 heterocycles. The second kappa shape index (κ2) is 6.98. The molecule has 8 nitrogen and oxygen atoms in total. The molecule has 2 amide bonds. The average Bonchev–Trinajstić information content (AvgIpc) is 3.01. The molecule has 0 saturated heterocycles. The molecule has 0 fully saturated rings. The number of amides is 2. The fourth-order valence-corrected chi connectivity index (χ4v) is 3.67. The van der Waals surface area contributed by atoms with Crippen molar-refractivity contribution in [2.24, 2.45) is 5.73 Å². The van der Waals surface area contributed by atoms with Crippen molar-refractivity contribution in [1.29, 1.82) is 0 Å². The topological polar surface area (TPSA) is 116 Å². The van der Waals surface area contributed by atoms with E-state index in [1.54, 1.807) is 19.2 Å². The summed E-state index contributed by atoms with van der Waals surface area (Å²) in [4.78, 5) is 28.4. The van der Waals surface area contributed by atoms with E-state index in [9.17, 15) is 9.59 Å². The van der Waals surface area contributed by atoms with Crippen molar-refractivity contribution < 1.29 is 19.1 Å². The van der Waals surface area contributed by atoms with Crippen LogP contribution in [-0.2, 0) is 9.59 Å². The summed E-state index contributed by atoms with van der Waals surface area (Å²) < 4.78 is 10.7. The zero-order chi connectivity index (χ0) is 18.0. The van der Waals surface area contributed by atoms with Gasteiger partial charge in [-0.05, 0) is 17.7 Å². The predicted octanol–water partition coefficient (Wildman–Crippen LogP) is 1.53. The summed E-state index contributed by atoms with van der Waals surface area (Å²) in [5.41, 5.74) is 6.02. The number of nitrogens with two attached hydrogens (primary N) is 1. The number of hydrogen-bond donors (Lipinski definition) is 3. The van der Waals surface area contributed by atoms with Gasteiger partial charge >= 0.3 is 0 Å². The first kappa shape index (κ1) is 17.0. The van der Waals surface area contributed by atoms with E-state index in [0.717, 1.165) is 15.6 Å². The Morgan fingerprint density at radius 2 is 2.28 bits per heavy atom. The van der Waals surface area contributed by atoms with E-state index in [4.69, 9.17) is 15.2 Å². The van der Waals surface area contributed by atoms with Crippen molar-refractivity contribution in [1.82, 2.24) is 4.98 Å².